The topological polar surface area (TPSA) is 89.4 Å². The molecule has 0 aromatic heterocycles. The molecule has 4 nitrogen and oxygen atoms in total. The van der Waals surface area contributed by atoms with Crippen LogP contribution in [0.1, 0.15) is 5.56 Å². The van der Waals surface area contributed by atoms with Crippen molar-refractivity contribution >= 4 is 24.7 Å². The van der Waals surface area contributed by atoms with Crippen LogP contribution in [-0.4, -0.2) is 13.0 Å². The van der Waals surface area contributed by atoms with Crippen molar-refractivity contribution in [1.29, 1.82) is 0 Å². The molecular weight excluding hydrogens is 209 g/mol. The molecule has 6 heteroatoms. The van der Waals surface area contributed by atoms with Gasteiger partial charge >= 0.3 is 0 Å². The summed E-state index contributed by atoms with van der Waals surface area (Å²) in [6.07, 6.45) is 0. The van der Waals surface area contributed by atoms with Gasteiger partial charge in [0.25, 0.3) is 10.1 Å². The summed E-state index contributed by atoms with van der Waals surface area (Å²) >= 11 is 0. The van der Waals surface area contributed by atoms with E-state index in [1.807, 2.05) is 6.92 Å². The second kappa shape index (κ2) is 4.15. The van der Waals surface area contributed by atoms with Gasteiger partial charge in [0, 0.05) is 0 Å². The Hall–Kier alpha value is -0.480. The maximum absolute atomic E-state index is 10.6. The van der Waals surface area contributed by atoms with Crippen LogP contribution in [0.4, 0.5) is 0 Å². The van der Waals surface area contributed by atoms with Crippen molar-refractivity contribution in [1.82, 2.24) is 6.15 Å². The maximum atomic E-state index is 10.6. The molecule has 1 atom stereocenters. The third kappa shape index (κ3) is 3.04. The fraction of sp³-hybridized carbons (Fsp3) is 0.143. The molecule has 0 bridgehead atoms. The SMILES string of the molecule is Cc1ccc(S(=O)(=O)O)cc1P.N. The molecular formula is C7H12NO3PS. The number of aryl methyl sites for hydroxylation is 1. The molecule has 0 saturated carbocycles. The summed E-state index contributed by atoms with van der Waals surface area (Å²) in [5.41, 5.74) is 0.965. The Bertz CT molecular complexity index is 402. The summed E-state index contributed by atoms with van der Waals surface area (Å²) in [4.78, 5) is -0.0712. The van der Waals surface area contributed by atoms with Gasteiger partial charge in [0.15, 0.2) is 0 Å². The lowest BCUT2D eigenvalue weighted by Crippen LogP contribution is -2.04. The van der Waals surface area contributed by atoms with Crippen LogP contribution in [0.2, 0.25) is 0 Å². The smallest absolute Gasteiger partial charge is 0.294 e. The predicted octanol–water partition coefficient (Wildman–Crippen LogP) is 0.904. The Morgan fingerprint density at radius 1 is 1.38 bits per heavy atom. The Morgan fingerprint density at radius 3 is 2.31 bits per heavy atom. The van der Waals surface area contributed by atoms with E-state index in [-0.39, 0.29) is 11.0 Å². The molecule has 1 unspecified atom stereocenters. The number of benzene rings is 1. The molecule has 0 heterocycles. The van der Waals surface area contributed by atoms with Crippen LogP contribution in [0.5, 0.6) is 0 Å². The van der Waals surface area contributed by atoms with Crippen LogP contribution in [0.25, 0.3) is 0 Å². The minimum Gasteiger partial charge on any atom is -0.344 e. The van der Waals surface area contributed by atoms with E-state index in [2.05, 4.69) is 9.24 Å². The molecule has 0 aliphatic carbocycles. The summed E-state index contributed by atoms with van der Waals surface area (Å²) in [5.74, 6) is 0. The molecule has 0 spiro atoms. The van der Waals surface area contributed by atoms with Crippen molar-refractivity contribution in [3.63, 3.8) is 0 Å². The van der Waals surface area contributed by atoms with Gasteiger partial charge in [-0.05, 0) is 29.9 Å². The molecule has 0 radical (unpaired) electrons. The molecule has 74 valence electrons. The maximum Gasteiger partial charge on any atom is 0.294 e. The number of rotatable bonds is 1. The Morgan fingerprint density at radius 2 is 1.92 bits per heavy atom. The minimum atomic E-state index is -4.06. The van der Waals surface area contributed by atoms with Crippen molar-refractivity contribution in [2.24, 2.45) is 0 Å². The highest BCUT2D eigenvalue weighted by Gasteiger charge is 2.09. The normalized spacial score (nSPS) is 10.7. The van der Waals surface area contributed by atoms with E-state index in [0.717, 1.165) is 10.9 Å². The molecule has 1 aromatic carbocycles. The van der Waals surface area contributed by atoms with E-state index >= 15 is 0 Å². The van der Waals surface area contributed by atoms with Gasteiger partial charge in [0.05, 0.1) is 4.90 Å². The standard InChI is InChI=1S/C7H9O3PS.H3N/c1-5-2-3-6(4-7(5)11)12(8,9)10;/h2-4H,11H2,1H3,(H,8,9,10);1H3. The summed E-state index contributed by atoms with van der Waals surface area (Å²) < 4.78 is 30.0. The highest BCUT2D eigenvalue weighted by Crippen LogP contribution is 2.09. The molecule has 0 aliphatic heterocycles. The average molecular weight is 221 g/mol. The van der Waals surface area contributed by atoms with Crippen molar-refractivity contribution in [3.8, 4) is 0 Å². The first-order chi connectivity index (χ1) is 5.41. The Balaban J connectivity index is 0.00000144. The molecule has 1 aromatic rings. The second-order valence-electron chi connectivity index (χ2n) is 2.49. The van der Waals surface area contributed by atoms with Gasteiger partial charge in [-0.25, -0.2) is 0 Å². The minimum absolute atomic E-state index is 0. The Labute approximate surface area is 79.9 Å². The average Bonchev–Trinajstić information content (AvgIpc) is 1.92. The lowest BCUT2D eigenvalue weighted by molar-refractivity contribution is 0.483. The molecule has 0 fully saturated rings. The third-order valence-electron chi connectivity index (χ3n) is 1.55. The van der Waals surface area contributed by atoms with Gasteiger partial charge in [-0.3, -0.25) is 4.55 Å². The zero-order valence-corrected chi connectivity index (χ0v) is 9.16. The third-order valence-corrected chi connectivity index (χ3v) is 3.02. The van der Waals surface area contributed by atoms with Gasteiger partial charge in [0.1, 0.15) is 0 Å². The first kappa shape index (κ1) is 12.5. The van der Waals surface area contributed by atoms with Crippen LogP contribution in [0.3, 0.4) is 0 Å². The summed E-state index contributed by atoms with van der Waals surface area (Å²) in [6, 6.07) is 4.43. The van der Waals surface area contributed by atoms with E-state index < -0.39 is 10.1 Å². The van der Waals surface area contributed by atoms with E-state index in [1.165, 1.54) is 12.1 Å². The van der Waals surface area contributed by atoms with Gasteiger partial charge in [0.2, 0.25) is 0 Å². The van der Waals surface area contributed by atoms with E-state index in [1.54, 1.807) is 6.07 Å². The second-order valence-corrected chi connectivity index (χ2v) is 4.54. The van der Waals surface area contributed by atoms with Crippen LogP contribution >= 0.6 is 9.24 Å². The quantitative estimate of drug-likeness (QED) is 0.544. The van der Waals surface area contributed by atoms with Gasteiger partial charge in [-0.15, -0.1) is 9.24 Å². The van der Waals surface area contributed by atoms with Crippen molar-refractivity contribution in [3.05, 3.63) is 23.8 Å². The lowest BCUT2D eigenvalue weighted by Gasteiger charge is -2.01. The fourth-order valence-corrected chi connectivity index (χ4v) is 1.69. The van der Waals surface area contributed by atoms with Crippen LogP contribution in [0.15, 0.2) is 23.1 Å². The van der Waals surface area contributed by atoms with E-state index in [9.17, 15) is 8.42 Å². The zero-order chi connectivity index (χ0) is 9.35. The van der Waals surface area contributed by atoms with Crippen LogP contribution < -0.4 is 11.5 Å². The van der Waals surface area contributed by atoms with E-state index in [0.29, 0.717) is 0 Å². The zero-order valence-electron chi connectivity index (χ0n) is 7.19. The van der Waals surface area contributed by atoms with Gasteiger partial charge in [-0.1, -0.05) is 6.07 Å². The lowest BCUT2D eigenvalue weighted by atomic mass is 10.2. The fourth-order valence-electron chi connectivity index (χ4n) is 0.779. The Kier molecular flexibility index (Phi) is 4.00. The molecule has 0 amide bonds. The van der Waals surface area contributed by atoms with Gasteiger partial charge in [-0.2, -0.15) is 8.42 Å². The molecule has 13 heavy (non-hydrogen) atoms. The van der Waals surface area contributed by atoms with Crippen LogP contribution in [0, 0.1) is 6.92 Å². The highest BCUT2D eigenvalue weighted by molar-refractivity contribution is 7.85. The van der Waals surface area contributed by atoms with Crippen LogP contribution in [-0.2, 0) is 10.1 Å². The molecule has 4 N–H and O–H groups in total. The van der Waals surface area contributed by atoms with E-state index in [4.69, 9.17) is 4.55 Å². The number of hydrogen-bond donors (Lipinski definition) is 2. The first-order valence-corrected chi connectivity index (χ1v) is 5.26. The summed E-state index contributed by atoms with van der Waals surface area (Å²) in [7, 11) is -1.65. The predicted molar refractivity (Wildman–Crippen MR) is 55.4 cm³/mol. The first-order valence-electron chi connectivity index (χ1n) is 3.25. The summed E-state index contributed by atoms with van der Waals surface area (Å²) in [5, 5.41) is 0.769. The summed E-state index contributed by atoms with van der Waals surface area (Å²) in [6.45, 7) is 1.86. The molecule has 0 aliphatic rings. The monoisotopic (exact) mass is 221 g/mol. The highest BCUT2D eigenvalue weighted by atomic mass is 32.2. The molecule has 0 saturated heterocycles. The van der Waals surface area contributed by atoms with Gasteiger partial charge < -0.3 is 6.15 Å². The van der Waals surface area contributed by atoms with Crippen molar-refractivity contribution in [2.75, 3.05) is 0 Å². The van der Waals surface area contributed by atoms with Crippen molar-refractivity contribution < 1.29 is 13.0 Å². The molecule has 1 rings (SSSR count). The number of hydrogen-bond acceptors (Lipinski definition) is 3. The van der Waals surface area contributed by atoms with Crippen molar-refractivity contribution in [2.45, 2.75) is 11.8 Å². The largest absolute Gasteiger partial charge is 0.344 e.